The van der Waals surface area contributed by atoms with Gasteiger partial charge in [-0.25, -0.2) is 4.79 Å². The van der Waals surface area contributed by atoms with Gasteiger partial charge >= 0.3 is 6.09 Å². The van der Waals surface area contributed by atoms with Crippen LogP contribution >= 0.6 is 23.2 Å². The average molecular weight is 264 g/mol. The summed E-state index contributed by atoms with van der Waals surface area (Å²) >= 11 is 11.5. The summed E-state index contributed by atoms with van der Waals surface area (Å²) in [5.74, 6) is 0.615. The van der Waals surface area contributed by atoms with E-state index in [0.29, 0.717) is 35.4 Å². The average Bonchev–Trinajstić information content (AvgIpc) is 2.22. The van der Waals surface area contributed by atoms with E-state index in [0.717, 1.165) is 0 Å². The lowest BCUT2D eigenvalue weighted by Gasteiger charge is -2.06. The van der Waals surface area contributed by atoms with Crippen LogP contribution in [-0.4, -0.2) is 24.4 Å². The number of ether oxygens (including phenoxy) is 1. The molecule has 4 nitrogen and oxygen atoms in total. The quantitative estimate of drug-likeness (QED) is 0.803. The SMILES string of the molecule is O=C(O)NCCCOc1ccc(Cl)c(Cl)c1. The molecule has 1 aromatic carbocycles. The van der Waals surface area contributed by atoms with Crippen molar-refractivity contribution in [3.05, 3.63) is 28.2 Å². The third-order valence-electron chi connectivity index (χ3n) is 1.76. The maximum Gasteiger partial charge on any atom is 0.404 e. The van der Waals surface area contributed by atoms with Gasteiger partial charge in [-0.3, -0.25) is 0 Å². The van der Waals surface area contributed by atoms with Crippen LogP contribution in [0, 0.1) is 0 Å². The minimum atomic E-state index is -1.03. The molecule has 0 saturated carbocycles. The molecule has 88 valence electrons. The number of rotatable bonds is 5. The largest absolute Gasteiger partial charge is 0.493 e. The molecule has 6 heteroatoms. The van der Waals surface area contributed by atoms with E-state index in [4.69, 9.17) is 33.0 Å². The molecule has 0 aliphatic rings. The normalized spacial score (nSPS) is 9.88. The highest BCUT2D eigenvalue weighted by Gasteiger charge is 2.00. The van der Waals surface area contributed by atoms with Crippen molar-refractivity contribution in [1.29, 1.82) is 0 Å². The van der Waals surface area contributed by atoms with E-state index < -0.39 is 6.09 Å². The number of carboxylic acid groups (broad SMARTS) is 1. The van der Waals surface area contributed by atoms with Crippen molar-refractivity contribution in [3.8, 4) is 5.75 Å². The molecular weight excluding hydrogens is 253 g/mol. The van der Waals surface area contributed by atoms with Crippen LogP contribution in [0.4, 0.5) is 4.79 Å². The van der Waals surface area contributed by atoms with Crippen LogP contribution in [0.1, 0.15) is 6.42 Å². The summed E-state index contributed by atoms with van der Waals surface area (Å²) in [6, 6.07) is 4.97. The minimum Gasteiger partial charge on any atom is -0.493 e. The Morgan fingerprint density at radius 3 is 2.75 bits per heavy atom. The number of hydrogen-bond acceptors (Lipinski definition) is 2. The number of hydrogen-bond donors (Lipinski definition) is 2. The standard InChI is InChI=1S/C10H11Cl2NO3/c11-8-3-2-7(6-9(8)12)16-5-1-4-13-10(14)15/h2-3,6,13H,1,4-5H2,(H,14,15). The molecule has 0 unspecified atom stereocenters. The van der Waals surface area contributed by atoms with Gasteiger partial charge in [0.05, 0.1) is 16.7 Å². The lowest BCUT2D eigenvalue weighted by molar-refractivity contribution is 0.193. The number of halogens is 2. The van der Waals surface area contributed by atoms with Gasteiger partial charge in [0.1, 0.15) is 5.75 Å². The first kappa shape index (κ1) is 12.9. The third kappa shape index (κ3) is 4.59. The predicted octanol–water partition coefficient (Wildman–Crippen LogP) is 3.03. The van der Waals surface area contributed by atoms with Crippen LogP contribution < -0.4 is 10.1 Å². The number of amides is 1. The van der Waals surface area contributed by atoms with Gasteiger partial charge in [0.25, 0.3) is 0 Å². The monoisotopic (exact) mass is 263 g/mol. The first-order valence-corrected chi connectivity index (χ1v) is 5.40. The Hall–Kier alpha value is -1.13. The Labute approximate surface area is 103 Å². The summed E-state index contributed by atoms with van der Waals surface area (Å²) in [4.78, 5) is 10.1. The molecule has 0 spiro atoms. The number of benzene rings is 1. The smallest absolute Gasteiger partial charge is 0.404 e. The van der Waals surface area contributed by atoms with E-state index in [1.54, 1.807) is 18.2 Å². The van der Waals surface area contributed by atoms with Crippen molar-refractivity contribution in [2.45, 2.75) is 6.42 Å². The molecule has 1 rings (SSSR count). The lowest BCUT2D eigenvalue weighted by Crippen LogP contribution is -2.23. The van der Waals surface area contributed by atoms with Gasteiger partial charge in [0, 0.05) is 12.6 Å². The fraction of sp³-hybridized carbons (Fsp3) is 0.300. The molecule has 0 aromatic heterocycles. The third-order valence-corrected chi connectivity index (χ3v) is 2.50. The summed E-state index contributed by atoms with van der Waals surface area (Å²) in [6.07, 6.45) is -0.443. The maximum atomic E-state index is 10.1. The summed E-state index contributed by atoms with van der Waals surface area (Å²) in [5, 5.41) is 11.5. The lowest BCUT2D eigenvalue weighted by atomic mass is 10.3. The molecule has 1 aromatic rings. The molecule has 0 bridgehead atoms. The van der Waals surface area contributed by atoms with Gasteiger partial charge < -0.3 is 15.2 Å². The van der Waals surface area contributed by atoms with E-state index in [1.807, 2.05) is 0 Å². The van der Waals surface area contributed by atoms with Crippen molar-refractivity contribution in [3.63, 3.8) is 0 Å². The number of nitrogens with one attached hydrogen (secondary N) is 1. The molecule has 2 N–H and O–H groups in total. The molecule has 0 radical (unpaired) electrons. The second-order valence-electron chi connectivity index (χ2n) is 3.01. The highest BCUT2D eigenvalue weighted by molar-refractivity contribution is 6.42. The Morgan fingerprint density at radius 1 is 1.38 bits per heavy atom. The fourth-order valence-electron chi connectivity index (χ4n) is 1.02. The molecule has 0 aliphatic carbocycles. The Kier molecular flexibility index (Phi) is 5.22. The maximum absolute atomic E-state index is 10.1. The summed E-state index contributed by atoms with van der Waals surface area (Å²) in [5.41, 5.74) is 0. The Morgan fingerprint density at radius 2 is 2.12 bits per heavy atom. The van der Waals surface area contributed by atoms with Gasteiger partial charge in [-0.1, -0.05) is 23.2 Å². The highest BCUT2D eigenvalue weighted by Crippen LogP contribution is 2.26. The van der Waals surface area contributed by atoms with Crippen molar-refractivity contribution >= 4 is 29.3 Å². The van der Waals surface area contributed by atoms with Gasteiger partial charge in [0.2, 0.25) is 0 Å². The molecule has 0 atom stereocenters. The predicted molar refractivity (Wildman–Crippen MR) is 62.6 cm³/mol. The van der Waals surface area contributed by atoms with Crippen molar-refractivity contribution < 1.29 is 14.6 Å². The van der Waals surface area contributed by atoms with Gasteiger partial charge in [-0.05, 0) is 18.6 Å². The first-order valence-electron chi connectivity index (χ1n) is 4.64. The topological polar surface area (TPSA) is 58.6 Å². The van der Waals surface area contributed by atoms with Crippen LogP contribution in [0.25, 0.3) is 0 Å². The van der Waals surface area contributed by atoms with Crippen LogP contribution in [0.3, 0.4) is 0 Å². The van der Waals surface area contributed by atoms with E-state index in [9.17, 15) is 4.79 Å². The first-order chi connectivity index (χ1) is 7.59. The molecule has 0 heterocycles. The molecule has 16 heavy (non-hydrogen) atoms. The zero-order valence-corrected chi connectivity index (χ0v) is 9.88. The van der Waals surface area contributed by atoms with Crippen molar-refractivity contribution in [2.75, 3.05) is 13.2 Å². The van der Waals surface area contributed by atoms with Crippen molar-refractivity contribution in [2.24, 2.45) is 0 Å². The molecule has 0 fully saturated rings. The molecule has 1 amide bonds. The minimum absolute atomic E-state index is 0.358. The van der Waals surface area contributed by atoms with Crippen LogP contribution in [0.2, 0.25) is 10.0 Å². The summed E-state index contributed by atoms with van der Waals surface area (Å²) in [6.45, 7) is 0.773. The van der Waals surface area contributed by atoms with E-state index >= 15 is 0 Å². The van der Waals surface area contributed by atoms with Crippen LogP contribution in [-0.2, 0) is 0 Å². The van der Waals surface area contributed by atoms with Gasteiger partial charge in [-0.15, -0.1) is 0 Å². The highest BCUT2D eigenvalue weighted by atomic mass is 35.5. The van der Waals surface area contributed by atoms with Crippen LogP contribution in [0.5, 0.6) is 5.75 Å². The fourth-order valence-corrected chi connectivity index (χ4v) is 1.31. The van der Waals surface area contributed by atoms with Gasteiger partial charge in [-0.2, -0.15) is 0 Å². The molecule has 0 aliphatic heterocycles. The second-order valence-corrected chi connectivity index (χ2v) is 3.82. The van der Waals surface area contributed by atoms with Crippen molar-refractivity contribution in [1.82, 2.24) is 5.32 Å². The number of carbonyl (C=O) groups is 1. The Balaban J connectivity index is 2.27. The second kappa shape index (κ2) is 6.45. The van der Waals surface area contributed by atoms with E-state index in [1.165, 1.54) is 0 Å². The molecule has 0 saturated heterocycles. The zero-order valence-electron chi connectivity index (χ0n) is 8.37. The molecular formula is C10H11Cl2NO3. The van der Waals surface area contributed by atoms with E-state index in [-0.39, 0.29) is 0 Å². The summed E-state index contributed by atoms with van der Waals surface area (Å²) in [7, 11) is 0. The van der Waals surface area contributed by atoms with Crippen LogP contribution in [0.15, 0.2) is 18.2 Å². The summed E-state index contributed by atoms with van der Waals surface area (Å²) < 4.78 is 5.35. The Bertz CT molecular complexity index is 371. The zero-order chi connectivity index (χ0) is 12.0. The van der Waals surface area contributed by atoms with E-state index in [2.05, 4.69) is 5.32 Å². The van der Waals surface area contributed by atoms with Gasteiger partial charge in [0.15, 0.2) is 0 Å².